The van der Waals surface area contributed by atoms with Crippen molar-refractivity contribution in [2.24, 2.45) is 5.73 Å². The van der Waals surface area contributed by atoms with E-state index in [4.69, 9.17) is 15.6 Å². The van der Waals surface area contributed by atoms with Gasteiger partial charge in [-0.25, -0.2) is 0 Å². The van der Waals surface area contributed by atoms with Crippen molar-refractivity contribution in [1.82, 2.24) is 5.32 Å². The van der Waals surface area contributed by atoms with Gasteiger partial charge in [0.15, 0.2) is 6.23 Å². The summed E-state index contributed by atoms with van der Waals surface area (Å²) in [6.45, 7) is 0.125. The summed E-state index contributed by atoms with van der Waals surface area (Å²) < 4.78 is 5.82. The number of carboxylic acids is 2. The molecule has 28 heavy (non-hydrogen) atoms. The van der Waals surface area contributed by atoms with E-state index in [1.807, 2.05) is 0 Å². The van der Waals surface area contributed by atoms with Gasteiger partial charge < -0.3 is 20.7 Å². The molecular weight excluding hydrogens is 366 g/mol. The van der Waals surface area contributed by atoms with Crippen LogP contribution in [0.15, 0.2) is 24.3 Å². The molecule has 2 atom stereocenters. The van der Waals surface area contributed by atoms with E-state index in [9.17, 15) is 19.5 Å². The quantitative estimate of drug-likeness (QED) is 0.410. The van der Waals surface area contributed by atoms with E-state index < -0.39 is 36.7 Å². The standard InChI is InChI=1S/C19H27N3O6/c20-10-6-2-1-3-7-13(19(26)27)21-16-11-17(23)22(12-18(24)25)14-8-4-5-9-15(14)28-16/h4-5,8-9,13,16,21H,1-3,6-7,10-12,20H2,(H,24,25)(H,26,27)/t13-,16-/m0/s1. The number of ether oxygens (including phenoxy) is 1. The number of carboxylic acid groups (broad SMARTS) is 2. The number of nitrogens with two attached hydrogens (primary N) is 1. The molecule has 5 N–H and O–H groups in total. The van der Waals surface area contributed by atoms with Gasteiger partial charge in [0.05, 0.1) is 12.1 Å². The molecule has 1 aliphatic rings. The van der Waals surface area contributed by atoms with Crippen LogP contribution in [0.2, 0.25) is 0 Å². The lowest BCUT2D eigenvalue weighted by atomic mass is 10.1. The second kappa shape index (κ2) is 10.6. The zero-order chi connectivity index (χ0) is 20.5. The van der Waals surface area contributed by atoms with Gasteiger partial charge in [-0.1, -0.05) is 31.4 Å². The van der Waals surface area contributed by atoms with Crippen LogP contribution in [-0.2, 0) is 14.4 Å². The van der Waals surface area contributed by atoms with E-state index in [0.29, 0.717) is 30.8 Å². The highest BCUT2D eigenvalue weighted by Crippen LogP contribution is 2.32. The third-order valence-electron chi connectivity index (χ3n) is 4.51. The van der Waals surface area contributed by atoms with Crippen LogP contribution in [0.1, 0.15) is 38.5 Å². The topological polar surface area (TPSA) is 142 Å². The van der Waals surface area contributed by atoms with Crippen LogP contribution in [-0.4, -0.2) is 53.4 Å². The molecular formula is C19H27N3O6. The molecule has 1 amide bonds. The minimum absolute atomic E-state index is 0.168. The number of hydrogen-bond donors (Lipinski definition) is 4. The molecule has 0 saturated heterocycles. The Morgan fingerprint density at radius 1 is 1.21 bits per heavy atom. The molecule has 0 unspecified atom stereocenters. The SMILES string of the molecule is NCCCCCC[C@H](N[C@@H]1CC(=O)N(CC(=O)O)c2ccccc2O1)C(=O)O. The Labute approximate surface area is 163 Å². The summed E-state index contributed by atoms with van der Waals surface area (Å²) in [6, 6.07) is 5.75. The lowest BCUT2D eigenvalue weighted by molar-refractivity contribution is -0.141. The number of aliphatic carboxylic acids is 2. The van der Waals surface area contributed by atoms with Crippen molar-refractivity contribution in [3.8, 4) is 5.75 Å². The molecule has 2 rings (SSSR count). The minimum Gasteiger partial charge on any atom is -0.480 e. The van der Waals surface area contributed by atoms with Gasteiger partial charge in [0, 0.05) is 0 Å². The Morgan fingerprint density at radius 3 is 2.61 bits per heavy atom. The summed E-state index contributed by atoms with van der Waals surface area (Å²) in [5, 5.41) is 21.5. The molecule has 0 aromatic heterocycles. The van der Waals surface area contributed by atoms with Crippen LogP contribution >= 0.6 is 0 Å². The number of anilines is 1. The lowest BCUT2D eigenvalue weighted by Gasteiger charge is -2.22. The molecule has 0 radical (unpaired) electrons. The minimum atomic E-state index is -1.14. The van der Waals surface area contributed by atoms with Crippen LogP contribution in [0, 0.1) is 0 Å². The summed E-state index contributed by atoms with van der Waals surface area (Å²) >= 11 is 0. The number of rotatable bonds is 11. The van der Waals surface area contributed by atoms with Crippen LogP contribution in [0.5, 0.6) is 5.75 Å². The van der Waals surface area contributed by atoms with Gasteiger partial charge in [0.2, 0.25) is 5.91 Å². The molecule has 1 aliphatic heterocycles. The van der Waals surface area contributed by atoms with Gasteiger partial charge in [0.1, 0.15) is 18.3 Å². The number of para-hydroxylation sites is 2. The van der Waals surface area contributed by atoms with E-state index >= 15 is 0 Å². The Balaban J connectivity index is 2.08. The molecule has 1 aromatic rings. The summed E-state index contributed by atoms with van der Waals surface area (Å²) in [5.74, 6) is -2.28. The molecule has 1 aromatic carbocycles. The number of benzene rings is 1. The first-order chi connectivity index (χ1) is 13.4. The highest BCUT2D eigenvalue weighted by Gasteiger charge is 2.32. The second-order valence-electron chi connectivity index (χ2n) is 6.70. The van der Waals surface area contributed by atoms with E-state index in [1.54, 1.807) is 24.3 Å². The Bertz CT molecular complexity index is 696. The summed E-state index contributed by atoms with van der Waals surface area (Å²) in [5.41, 5.74) is 5.81. The molecule has 0 bridgehead atoms. The number of nitrogens with one attached hydrogen (secondary N) is 1. The molecule has 0 spiro atoms. The summed E-state index contributed by atoms with van der Waals surface area (Å²) in [4.78, 5) is 36.5. The van der Waals surface area contributed by atoms with Gasteiger partial charge in [0.25, 0.3) is 0 Å². The average Bonchev–Trinajstić information content (AvgIpc) is 2.77. The van der Waals surface area contributed by atoms with E-state index in [0.717, 1.165) is 24.2 Å². The van der Waals surface area contributed by atoms with Crippen molar-refractivity contribution in [2.45, 2.75) is 50.8 Å². The number of carbonyl (C=O) groups is 3. The normalized spacial score (nSPS) is 17.4. The molecule has 1 heterocycles. The van der Waals surface area contributed by atoms with Gasteiger partial charge >= 0.3 is 11.9 Å². The first-order valence-electron chi connectivity index (χ1n) is 9.39. The number of unbranched alkanes of at least 4 members (excludes halogenated alkanes) is 3. The highest BCUT2D eigenvalue weighted by atomic mass is 16.5. The maximum atomic E-state index is 12.6. The molecule has 9 heteroatoms. The van der Waals surface area contributed by atoms with Crippen LogP contribution in [0.3, 0.4) is 0 Å². The van der Waals surface area contributed by atoms with E-state index in [-0.39, 0.29) is 6.42 Å². The number of fused-ring (bicyclic) bond motifs is 1. The fraction of sp³-hybridized carbons (Fsp3) is 0.526. The van der Waals surface area contributed by atoms with Crippen LogP contribution in [0.4, 0.5) is 5.69 Å². The molecule has 0 fully saturated rings. The smallest absolute Gasteiger partial charge is 0.323 e. The van der Waals surface area contributed by atoms with Crippen molar-refractivity contribution >= 4 is 23.5 Å². The van der Waals surface area contributed by atoms with Crippen molar-refractivity contribution < 1.29 is 29.3 Å². The maximum absolute atomic E-state index is 12.6. The number of carbonyl (C=O) groups excluding carboxylic acids is 1. The number of hydrogen-bond acceptors (Lipinski definition) is 6. The predicted octanol–water partition coefficient (Wildman–Crippen LogP) is 1.16. The Kier molecular flexibility index (Phi) is 8.21. The van der Waals surface area contributed by atoms with Crippen molar-refractivity contribution in [2.75, 3.05) is 18.0 Å². The van der Waals surface area contributed by atoms with Gasteiger partial charge in [-0.05, 0) is 31.5 Å². The fourth-order valence-corrected chi connectivity index (χ4v) is 3.13. The predicted molar refractivity (Wildman–Crippen MR) is 102 cm³/mol. The zero-order valence-corrected chi connectivity index (χ0v) is 15.7. The van der Waals surface area contributed by atoms with Gasteiger partial charge in [-0.2, -0.15) is 0 Å². The monoisotopic (exact) mass is 393 g/mol. The van der Waals surface area contributed by atoms with Crippen molar-refractivity contribution in [3.05, 3.63) is 24.3 Å². The van der Waals surface area contributed by atoms with E-state index in [2.05, 4.69) is 5.32 Å². The zero-order valence-electron chi connectivity index (χ0n) is 15.7. The highest BCUT2D eigenvalue weighted by molar-refractivity contribution is 5.99. The third kappa shape index (κ3) is 6.21. The third-order valence-corrected chi connectivity index (χ3v) is 4.51. The van der Waals surface area contributed by atoms with Crippen LogP contribution < -0.4 is 20.7 Å². The Hall–Kier alpha value is -2.65. The van der Waals surface area contributed by atoms with Crippen molar-refractivity contribution in [3.63, 3.8) is 0 Å². The molecule has 9 nitrogen and oxygen atoms in total. The molecule has 0 aliphatic carbocycles. The fourth-order valence-electron chi connectivity index (χ4n) is 3.13. The Morgan fingerprint density at radius 2 is 1.93 bits per heavy atom. The number of nitrogens with zero attached hydrogens (tertiary/aromatic N) is 1. The molecule has 0 saturated carbocycles. The first kappa shape index (κ1) is 21.6. The average molecular weight is 393 g/mol. The largest absolute Gasteiger partial charge is 0.480 e. The first-order valence-corrected chi connectivity index (χ1v) is 9.39. The van der Waals surface area contributed by atoms with Gasteiger partial charge in [-0.3, -0.25) is 24.6 Å². The van der Waals surface area contributed by atoms with Crippen LogP contribution in [0.25, 0.3) is 0 Å². The lowest BCUT2D eigenvalue weighted by Crippen LogP contribution is -2.47. The molecule has 154 valence electrons. The summed E-state index contributed by atoms with van der Waals surface area (Å²) in [6.07, 6.45) is 2.81. The van der Waals surface area contributed by atoms with Gasteiger partial charge in [-0.15, -0.1) is 0 Å². The number of amides is 1. The summed E-state index contributed by atoms with van der Waals surface area (Å²) in [7, 11) is 0. The second-order valence-corrected chi connectivity index (χ2v) is 6.70. The van der Waals surface area contributed by atoms with E-state index in [1.165, 1.54) is 0 Å². The maximum Gasteiger partial charge on any atom is 0.323 e. The van der Waals surface area contributed by atoms with Crippen molar-refractivity contribution in [1.29, 1.82) is 0 Å².